The zero-order valence-electron chi connectivity index (χ0n) is 17.1. The molecule has 0 saturated carbocycles. The quantitative estimate of drug-likeness (QED) is 0.403. The molecule has 0 spiro atoms. The molecule has 2 aromatic heterocycles. The van der Waals surface area contributed by atoms with Crippen molar-refractivity contribution in [2.75, 3.05) is 13.3 Å². The Balaban J connectivity index is 1.78. The Morgan fingerprint density at radius 1 is 1.00 bits per heavy atom. The van der Waals surface area contributed by atoms with Crippen molar-refractivity contribution in [3.8, 4) is 5.69 Å². The van der Waals surface area contributed by atoms with Crippen molar-refractivity contribution < 1.29 is 9.18 Å². The van der Waals surface area contributed by atoms with Gasteiger partial charge in [0.15, 0.2) is 5.16 Å². The van der Waals surface area contributed by atoms with Gasteiger partial charge in [0, 0.05) is 18.9 Å². The Labute approximate surface area is 184 Å². The molecule has 0 radical (unpaired) electrons. The molecule has 2 aromatic carbocycles. The largest absolute Gasteiger partial charge is 0.328 e. The molecule has 0 N–H and O–H groups in total. The number of amides is 1. The smallest absolute Gasteiger partial charge is 0.273 e. The van der Waals surface area contributed by atoms with Crippen LogP contribution in [0.2, 0.25) is 0 Å². The van der Waals surface area contributed by atoms with E-state index in [9.17, 15) is 9.18 Å². The second-order valence-corrected chi connectivity index (χ2v) is 7.70. The number of thioether (sulfide) groups is 1. The predicted molar refractivity (Wildman–Crippen MR) is 120 cm³/mol. The van der Waals surface area contributed by atoms with Crippen LogP contribution in [0.3, 0.4) is 0 Å². The van der Waals surface area contributed by atoms with Gasteiger partial charge in [-0.2, -0.15) is 0 Å². The maximum Gasteiger partial charge on any atom is 0.273 e. The number of pyridine rings is 1. The number of aromatic nitrogens is 3. The summed E-state index contributed by atoms with van der Waals surface area (Å²) in [6, 6.07) is 21.1. The maximum absolute atomic E-state index is 13.7. The molecule has 0 bridgehead atoms. The highest BCUT2D eigenvalue weighted by molar-refractivity contribution is 7.98. The number of rotatable bonds is 6. The SMILES string of the molecule is CSc1ncc(C(=O)N(C)C(c2ccccc2)c2ccccn2)n1-c1ccc(F)cc1. The van der Waals surface area contributed by atoms with Gasteiger partial charge >= 0.3 is 0 Å². The van der Waals surface area contributed by atoms with Crippen molar-refractivity contribution in [3.63, 3.8) is 0 Å². The lowest BCUT2D eigenvalue weighted by Gasteiger charge is -2.28. The fourth-order valence-electron chi connectivity index (χ4n) is 3.53. The molecular weight excluding hydrogens is 411 g/mol. The van der Waals surface area contributed by atoms with Crippen LogP contribution in [-0.2, 0) is 0 Å². The highest BCUT2D eigenvalue weighted by Crippen LogP contribution is 2.29. The molecule has 4 rings (SSSR count). The van der Waals surface area contributed by atoms with Crippen molar-refractivity contribution in [1.29, 1.82) is 0 Å². The fourth-order valence-corrected chi connectivity index (χ4v) is 4.08. The summed E-state index contributed by atoms with van der Waals surface area (Å²) < 4.78 is 15.2. The van der Waals surface area contributed by atoms with E-state index in [0.717, 1.165) is 11.3 Å². The third-order valence-corrected chi connectivity index (χ3v) is 5.66. The molecule has 5 nitrogen and oxygen atoms in total. The van der Waals surface area contributed by atoms with E-state index >= 15 is 0 Å². The van der Waals surface area contributed by atoms with E-state index < -0.39 is 0 Å². The number of halogens is 1. The van der Waals surface area contributed by atoms with Crippen LogP contribution < -0.4 is 0 Å². The minimum Gasteiger partial charge on any atom is -0.328 e. The average Bonchev–Trinajstić information content (AvgIpc) is 3.25. The molecule has 1 atom stereocenters. The lowest BCUT2D eigenvalue weighted by molar-refractivity contribution is 0.0744. The molecule has 0 saturated heterocycles. The van der Waals surface area contributed by atoms with Gasteiger partial charge in [0.25, 0.3) is 5.91 Å². The third kappa shape index (κ3) is 4.22. The summed E-state index contributed by atoms with van der Waals surface area (Å²) in [6.07, 6.45) is 5.17. The van der Waals surface area contributed by atoms with Crippen LogP contribution in [0.15, 0.2) is 90.3 Å². The van der Waals surface area contributed by atoms with Gasteiger partial charge in [0.1, 0.15) is 11.5 Å². The summed E-state index contributed by atoms with van der Waals surface area (Å²) in [5.74, 6) is -0.546. The Kier molecular flexibility index (Phi) is 6.13. The monoisotopic (exact) mass is 432 g/mol. The van der Waals surface area contributed by atoms with Gasteiger partial charge in [-0.25, -0.2) is 9.37 Å². The van der Waals surface area contributed by atoms with Crippen LogP contribution in [0.1, 0.15) is 27.8 Å². The van der Waals surface area contributed by atoms with E-state index in [1.54, 1.807) is 41.0 Å². The predicted octanol–water partition coefficient (Wildman–Crippen LogP) is 4.99. The number of hydrogen-bond donors (Lipinski definition) is 0. The summed E-state index contributed by atoms with van der Waals surface area (Å²) in [5.41, 5.74) is 2.79. The number of benzene rings is 2. The number of carbonyl (C=O) groups is 1. The minimum absolute atomic E-state index is 0.211. The molecule has 7 heteroatoms. The first-order chi connectivity index (χ1) is 15.1. The van der Waals surface area contributed by atoms with Gasteiger partial charge in [-0.1, -0.05) is 48.2 Å². The van der Waals surface area contributed by atoms with Gasteiger partial charge in [-0.05, 0) is 48.2 Å². The topological polar surface area (TPSA) is 51.0 Å². The first kappa shape index (κ1) is 20.8. The summed E-state index contributed by atoms with van der Waals surface area (Å²) in [4.78, 5) is 24.3. The van der Waals surface area contributed by atoms with E-state index in [-0.39, 0.29) is 17.8 Å². The molecule has 156 valence electrons. The van der Waals surface area contributed by atoms with Gasteiger partial charge in [0.2, 0.25) is 0 Å². The lowest BCUT2D eigenvalue weighted by Crippen LogP contribution is -2.33. The molecule has 0 aliphatic heterocycles. The normalized spacial score (nSPS) is 11.8. The second-order valence-electron chi connectivity index (χ2n) is 6.93. The van der Waals surface area contributed by atoms with Crippen molar-refractivity contribution in [2.24, 2.45) is 0 Å². The molecule has 0 aliphatic rings. The highest BCUT2D eigenvalue weighted by atomic mass is 32.2. The van der Waals surface area contributed by atoms with Crippen LogP contribution in [-0.4, -0.2) is 38.6 Å². The highest BCUT2D eigenvalue weighted by Gasteiger charge is 2.28. The first-order valence-corrected chi connectivity index (χ1v) is 10.9. The summed E-state index contributed by atoms with van der Waals surface area (Å²) in [5, 5.41) is 0.650. The Hall–Kier alpha value is -3.45. The Bertz CT molecular complexity index is 1120. The van der Waals surface area contributed by atoms with E-state index in [4.69, 9.17) is 0 Å². The lowest BCUT2D eigenvalue weighted by atomic mass is 10.0. The zero-order valence-corrected chi connectivity index (χ0v) is 18.0. The average molecular weight is 433 g/mol. The van der Waals surface area contributed by atoms with Gasteiger partial charge in [-0.15, -0.1) is 0 Å². The van der Waals surface area contributed by atoms with E-state index in [0.29, 0.717) is 16.5 Å². The number of hydrogen-bond acceptors (Lipinski definition) is 4. The minimum atomic E-state index is -0.371. The number of nitrogens with zero attached hydrogens (tertiary/aromatic N) is 4. The molecule has 1 amide bonds. The summed E-state index contributed by atoms with van der Waals surface area (Å²) in [6.45, 7) is 0. The molecule has 4 aromatic rings. The zero-order chi connectivity index (χ0) is 21.8. The molecule has 0 fully saturated rings. The van der Waals surface area contributed by atoms with E-state index in [1.807, 2.05) is 54.8 Å². The van der Waals surface area contributed by atoms with Crippen LogP contribution in [0.25, 0.3) is 5.69 Å². The molecule has 31 heavy (non-hydrogen) atoms. The fraction of sp³-hybridized carbons (Fsp3) is 0.125. The second kappa shape index (κ2) is 9.14. The van der Waals surface area contributed by atoms with Gasteiger partial charge in [0.05, 0.1) is 17.9 Å². The molecule has 1 unspecified atom stereocenters. The molecule has 2 heterocycles. The van der Waals surface area contributed by atoms with Crippen molar-refractivity contribution in [1.82, 2.24) is 19.4 Å². The van der Waals surface area contributed by atoms with Crippen molar-refractivity contribution in [3.05, 3.63) is 108 Å². The Morgan fingerprint density at radius 3 is 2.35 bits per heavy atom. The molecular formula is C24H21FN4OS. The van der Waals surface area contributed by atoms with Crippen LogP contribution in [0, 0.1) is 5.82 Å². The van der Waals surface area contributed by atoms with E-state index in [1.165, 1.54) is 23.9 Å². The van der Waals surface area contributed by atoms with Crippen molar-refractivity contribution >= 4 is 17.7 Å². The van der Waals surface area contributed by atoms with E-state index in [2.05, 4.69) is 9.97 Å². The molecule has 0 aliphatic carbocycles. The van der Waals surface area contributed by atoms with Crippen LogP contribution >= 0.6 is 11.8 Å². The maximum atomic E-state index is 13.7. The number of imidazole rings is 1. The summed E-state index contributed by atoms with van der Waals surface area (Å²) >= 11 is 1.42. The van der Waals surface area contributed by atoms with Crippen molar-refractivity contribution in [2.45, 2.75) is 11.2 Å². The standard InChI is InChI=1S/C24H21FN4OS/c1-28(22(17-8-4-3-5-9-17)20-10-6-7-15-26-20)23(30)21-16-27-24(31-2)29(21)19-13-11-18(25)12-14-19/h3-16,22H,1-2H3. The third-order valence-electron chi connectivity index (χ3n) is 5.01. The Morgan fingerprint density at radius 2 is 1.71 bits per heavy atom. The van der Waals surface area contributed by atoms with Crippen LogP contribution in [0.5, 0.6) is 0 Å². The summed E-state index contributed by atoms with van der Waals surface area (Å²) in [7, 11) is 1.76. The van der Waals surface area contributed by atoms with Gasteiger partial charge in [-0.3, -0.25) is 14.3 Å². The van der Waals surface area contributed by atoms with Gasteiger partial charge < -0.3 is 4.90 Å². The first-order valence-electron chi connectivity index (χ1n) is 9.71. The van der Waals surface area contributed by atoms with Crippen LogP contribution in [0.4, 0.5) is 4.39 Å². The number of carbonyl (C=O) groups excluding carboxylic acids is 1.